The molecule has 1 saturated heterocycles. The van der Waals surface area contributed by atoms with Crippen LogP contribution in [-0.4, -0.2) is 58.7 Å². The largest absolute Gasteiger partial charge is 0.497 e. The van der Waals surface area contributed by atoms with Crippen LogP contribution < -0.4 is 9.47 Å². The molecule has 0 radical (unpaired) electrons. The third-order valence-corrected chi connectivity index (χ3v) is 5.85. The fourth-order valence-corrected chi connectivity index (χ4v) is 4.14. The second-order valence-electron chi connectivity index (χ2n) is 9.37. The Morgan fingerprint density at radius 2 is 1.74 bits per heavy atom. The van der Waals surface area contributed by atoms with Gasteiger partial charge in [-0.2, -0.15) is 5.10 Å². The molecule has 0 aliphatic carbocycles. The van der Waals surface area contributed by atoms with Crippen LogP contribution in [0.5, 0.6) is 11.6 Å². The Bertz CT molecular complexity index is 1130. The number of carbonyl (C=O) groups excluding carboxylic acids is 1. The van der Waals surface area contributed by atoms with E-state index in [2.05, 4.69) is 11.1 Å². The van der Waals surface area contributed by atoms with Crippen molar-refractivity contribution < 1.29 is 19.0 Å². The van der Waals surface area contributed by atoms with Crippen LogP contribution in [0.1, 0.15) is 45.2 Å². The SMILES string of the molecule is COc1ccc(-n2nc(C3CCN(C(=O)OC(C)(C)C)CC3)cc2-c2cccnc2OC)cc1. The highest BCUT2D eigenvalue weighted by molar-refractivity contribution is 5.69. The number of likely N-dealkylation sites (tertiary alicyclic amines) is 1. The molecule has 1 fully saturated rings. The van der Waals surface area contributed by atoms with Crippen molar-refractivity contribution in [2.45, 2.75) is 45.1 Å². The summed E-state index contributed by atoms with van der Waals surface area (Å²) in [7, 11) is 3.27. The Morgan fingerprint density at radius 1 is 1.03 bits per heavy atom. The van der Waals surface area contributed by atoms with Crippen LogP contribution in [0.2, 0.25) is 0 Å². The first-order chi connectivity index (χ1) is 16.3. The van der Waals surface area contributed by atoms with Crippen LogP contribution in [0.25, 0.3) is 16.9 Å². The van der Waals surface area contributed by atoms with E-state index in [1.165, 1.54) is 0 Å². The van der Waals surface area contributed by atoms with Crippen molar-refractivity contribution in [3.8, 4) is 28.6 Å². The van der Waals surface area contributed by atoms with E-state index in [1.807, 2.05) is 61.9 Å². The molecular weight excluding hydrogens is 432 g/mol. The summed E-state index contributed by atoms with van der Waals surface area (Å²) in [6, 6.07) is 13.8. The number of nitrogens with zero attached hydrogens (tertiary/aromatic N) is 4. The first-order valence-corrected chi connectivity index (χ1v) is 11.5. The molecule has 34 heavy (non-hydrogen) atoms. The molecule has 2 aromatic heterocycles. The maximum absolute atomic E-state index is 12.5. The topological polar surface area (TPSA) is 78.7 Å². The number of hydrogen-bond donors (Lipinski definition) is 0. The zero-order valence-corrected chi connectivity index (χ0v) is 20.4. The summed E-state index contributed by atoms with van der Waals surface area (Å²) < 4.78 is 18.3. The van der Waals surface area contributed by atoms with E-state index in [1.54, 1.807) is 25.3 Å². The summed E-state index contributed by atoms with van der Waals surface area (Å²) in [5.41, 5.74) is 3.17. The molecule has 1 aromatic carbocycles. The summed E-state index contributed by atoms with van der Waals surface area (Å²) in [6.45, 7) is 6.94. The molecule has 3 aromatic rings. The Morgan fingerprint density at radius 3 is 2.35 bits per heavy atom. The van der Waals surface area contributed by atoms with Crippen LogP contribution in [-0.2, 0) is 4.74 Å². The number of aromatic nitrogens is 3. The molecule has 0 unspecified atom stereocenters. The number of methoxy groups -OCH3 is 2. The van der Waals surface area contributed by atoms with Crippen molar-refractivity contribution in [2.75, 3.05) is 27.3 Å². The number of rotatable bonds is 5. The van der Waals surface area contributed by atoms with Gasteiger partial charge in [-0.3, -0.25) is 0 Å². The van der Waals surface area contributed by atoms with E-state index < -0.39 is 5.60 Å². The Kier molecular flexibility index (Phi) is 6.77. The molecule has 1 aliphatic heterocycles. The van der Waals surface area contributed by atoms with Gasteiger partial charge < -0.3 is 19.1 Å². The van der Waals surface area contributed by atoms with Crippen molar-refractivity contribution in [3.63, 3.8) is 0 Å². The Labute approximate surface area is 200 Å². The lowest BCUT2D eigenvalue weighted by molar-refractivity contribution is 0.0204. The van der Waals surface area contributed by atoms with Gasteiger partial charge >= 0.3 is 6.09 Å². The quantitative estimate of drug-likeness (QED) is 0.525. The van der Waals surface area contributed by atoms with Crippen LogP contribution >= 0.6 is 0 Å². The summed E-state index contributed by atoms with van der Waals surface area (Å²) >= 11 is 0. The van der Waals surface area contributed by atoms with Crippen molar-refractivity contribution in [2.24, 2.45) is 0 Å². The van der Waals surface area contributed by atoms with Gasteiger partial charge in [0.2, 0.25) is 5.88 Å². The van der Waals surface area contributed by atoms with Gasteiger partial charge in [-0.1, -0.05) is 0 Å². The van der Waals surface area contributed by atoms with Crippen molar-refractivity contribution in [1.82, 2.24) is 19.7 Å². The summed E-state index contributed by atoms with van der Waals surface area (Å²) in [5.74, 6) is 1.56. The lowest BCUT2D eigenvalue weighted by Crippen LogP contribution is -2.41. The summed E-state index contributed by atoms with van der Waals surface area (Å²) in [5, 5.41) is 5.00. The van der Waals surface area contributed by atoms with Gasteiger partial charge in [0.15, 0.2) is 0 Å². The van der Waals surface area contributed by atoms with Gasteiger partial charge in [0.1, 0.15) is 11.4 Å². The van der Waals surface area contributed by atoms with E-state index in [0.29, 0.717) is 19.0 Å². The second kappa shape index (κ2) is 9.75. The van der Waals surface area contributed by atoms with Gasteiger partial charge in [0.25, 0.3) is 0 Å². The predicted molar refractivity (Wildman–Crippen MR) is 130 cm³/mol. The molecule has 0 bridgehead atoms. The molecule has 0 N–H and O–H groups in total. The number of carbonyl (C=O) groups is 1. The Balaban J connectivity index is 1.63. The summed E-state index contributed by atoms with van der Waals surface area (Å²) in [4.78, 5) is 18.6. The van der Waals surface area contributed by atoms with Gasteiger partial charge in [-0.25, -0.2) is 14.5 Å². The highest BCUT2D eigenvalue weighted by Crippen LogP contribution is 2.35. The highest BCUT2D eigenvalue weighted by Gasteiger charge is 2.29. The van der Waals surface area contributed by atoms with Gasteiger partial charge in [-0.15, -0.1) is 0 Å². The van der Waals surface area contributed by atoms with Crippen LogP contribution in [0.4, 0.5) is 4.79 Å². The monoisotopic (exact) mass is 464 g/mol. The zero-order chi connectivity index (χ0) is 24.3. The van der Waals surface area contributed by atoms with E-state index in [0.717, 1.165) is 41.2 Å². The van der Waals surface area contributed by atoms with E-state index >= 15 is 0 Å². The van der Waals surface area contributed by atoms with Gasteiger partial charge in [-0.05, 0) is 76.1 Å². The van der Waals surface area contributed by atoms with Crippen LogP contribution in [0.3, 0.4) is 0 Å². The molecule has 8 nitrogen and oxygen atoms in total. The average molecular weight is 465 g/mol. The molecule has 0 saturated carbocycles. The first-order valence-electron chi connectivity index (χ1n) is 11.5. The summed E-state index contributed by atoms with van der Waals surface area (Å²) in [6.07, 6.45) is 3.10. The van der Waals surface area contributed by atoms with E-state index in [-0.39, 0.29) is 12.0 Å². The number of ether oxygens (including phenoxy) is 3. The number of benzene rings is 1. The van der Waals surface area contributed by atoms with Crippen molar-refractivity contribution in [1.29, 1.82) is 0 Å². The Hall–Kier alpha value is -3.55. The number of amides is 1. The third kappa shape index (κ3) is 5.16. The molecule has 8 heteroatoms. The molecule has 4 rings (SSSR count). The smallest absolute Gasteiger partial charge is 0.410 e. The fraction of sp³-hybridized carbons (Fsp3) is 0.423. The molecule has 1 amide bonds. The third-order valence-electron chi connectivity index (χ3n) is 5.85. The van der Waals surface area contributed by atoms with Gasteiger partial charge in [0, 0.05) is 25.2 Å². The van der Waals surface area contributed by atoms with E-state index in [9.17, 15) is 4.79 Å². The number of hydrogen-bond acceptors (Lipinski definition) is 6. The lowest BCUT2D eigenvalue weighted by Gasteiger charge is -2.32. The highest BCUT2D eigenvalue weighted by atomic mass is 16.6. The molecule has 180 valence electrons. The normalized spacial score (nSPS) is 14.7. The minimum absolute atomic E-state index is 0.236. The first kappa shape index (κ1) is 23.6. The molecule has 0 spiro atoms. The molecule has 3 heterocycles. The van der Waals surface area contributed by atoms with Crippen molar-refractivity contribution in [3.05, 3.63) is 54.4 Å². The van der Waals surface area contributed by atoms with Crippen LogP contribution in [0.15, 0.2) is 48.7 Å². The minimum Gasteiger partial charge on any atom is -0.497 e. The zero-order valence-electron chi connectivity index (χ0n) is 20.4. The van der Waals surface area contributed by atoms with E-state index in [4.69, 9.17) is 19.3 Å². The van der Waals surface area contributed by atoms with Gasteiger partial charge in [0.05, 0.1) is 36.9 Å². The standard InChI is InChI=1S/C26H32N4O4/c1-26(2,3)34-25(31)29-15-12-18(13-16-29)22-17-23(21-7-6-14-27-24(21)33-5)30(28-22)19-8-10-20(32-4)11-9-19/h6-11,14,17-18H,12-13,15-16H2,1-5H3. The maximum Gasteiger partial charge on any atom is 0.410 e. The molecule has 1 aliphatic rings. The van der Waals surface area contributed by atoms with Crippen molar-refractivity contribution >= 4 is 6.09 Å². The fourth-order valence-electron chi connectivity index (χ4n) is 4.14. The number of pyridine rings is 1. The molecular formula is C26H32N4O4. The minimum atomic E-state index is -0.497. The average Bonchev–Trinajstić information content (AvgIpc) is 3.28. The molecule has 0 atom stereocenters. The second-order valence-corrected chi connectivity index (χ2v) is 9.37. The van der Waals surface area contributed by atoms with Crippen LogP contribution in [0, 0.1) is 0 Å². The number of piperidine rings is 1. The maximum atomic E-state index is 12.5. The predicted octanol–water partition coefficient (Wildman–Crippen LogP) is 5.07. The lowest BCUT2D eigenvalue weighted by atomic mass is 9.93.